The highest BCUT2D eigenvalue weighted by Gasteiger charge is 2.23. The zero-order valence-electron chi connectivity index (χ0n) is 16.9. The number of hydrogen-bond donors (Lipinski definition) is 3. The molecule has 0 spiro atoms. The van der Waals surface area contributed by atoms with Gasteiger partial charge in [0.2, 0.25) is 0 Å². The first-order valence-corrected chi connectivity index (χ1v) is 10.3. The summed E-state index contributed by atoms with van der Waals surface area (Å²) < 4.78 is 13.5. The van der Waals surface area contributed by atoms with E-state index in [4.69, 9.17) is 0 Å². The number of aromatic nitrogens is 1. The lowest BCUT2D eigenvalue weighted by Gasteiger charge is -2.17. The molecule has 3 N–H and O–H groups in total. The minimum Gasteiger partial charge on any atom is -0.361 e. The summed E-state index contributed by atoms with van der Waals surface area (Å²) in [4.78, 5) is 42.1. The van der Waals surface area contributed by atoms with Crippen LogP contribution in [0.2, 0.25) is 0 Å². The van der Waals surface area contributed by atoms with Crippen LogP contribution in [-0.4, -0.2) is 47.2 Å². The number of rotatable bonds is 5. The Labute approximate surface area is 178 Å². The molecule has 8 heteroatoms. The molecule has 0 saturated carbocycles. The van der Waals surface area contributed by atoms with Gasteiger partial charge in [-0.3, -0.25) is 14.4 Å². The van der Waals surface area contributed by atoms with Crippen LogP contribution in [0.5, 0.6) is 0 Å². The van der Waals surface area contributed by atoms with Gasteiger partial charge in [0, 0.05) is 36.7 Å². The standard InChI is InChI=1S/C23H23FN4O3/c24-16-7-8-19-18(13-16)15(14-26-19)9-10-25-21(29)22(30)27-20-6-2-1-5-17(20)23(31)28-11-3-4-12-28/h1-2,5-8,13-14,26H,3-4,9-12H2,(H,25,29)(H,27,30). The number of halogens is 1. The highest BCUT2D eigenvalue weighted by molar-refractivity contribution is 6.40. The van der Waals surface area contributed by atoms with E-state index in [0.717, 1.165) is 29.3 Å². The van der Waals surface area contributed by atoms with E-state index in [2.05, 4.69) is 15.6 Å². The molecule has 3 amide bonds. The van der Waals surface area contributed by atoms with Gasteiger partial charge in [0.25, 0.3) is 5.91 Å². The highest BCUT2D eigenvalue weighted by Crippen LogP contribution is 2.21. The van der Waals surface area contributed by atoms with Gasteiger partial charge in [0.1, 0.15) is 5.82 Å². The molecular formula is C23H23FN4O3. The Morgan fingerprint density at radius 2 is 1.81 bits per heavy atom. The van der Waals surface area contributed by atoms with Gasteiger partial charge in [-0.15, -0.1) is 0 Å². The molecular weight excluding hydrogens is 399 g/mol. The Morgan fingerprint density at radius 1 is 1.03 bits per heavy atom. The number of benzene rings is 2. The normalized spacial score (nSPS) is 13.4. The van der Waals surface area contributed by atoms with Crippen LogP contribution in [0.3, 0.4) is 0 Å². The summed E-state index contributed by atoms with van der Waals surface area (Å²) in [5.74, 6) is -2.12. The third kappa shape index (κ3) is 4.58. The number of H-pyrrole nitrogens is 1. The van der Waals surface area contributed by atoms with Crippen molar-refractivity contribution in [2.45, 2.75) is 19.3 Å². The van der Waals surface area contributed by atoms with Crippen LogP contribution >= 0.6 is 0 Å². The highest BCUT2D eigenvalue weighted by atomic mass is 19.1. The molecule has 0 bridgehead atoms. The third-order valence-electron chi connectivity index (χ3n) is 5.41. The zero-order valence-corrected chi connectivity index (χ0v) is 16.9. The van der Waals surface area contributed by atoms with Crippen molar-refractivity contribution in [2.24, 2.45) is 0 Å². The summed E-state index contributed by atoms with van der Waals surface area (Å²) in [5, 5.41) is 5.85. The number of carbonyl (C=O) groups excluding carboxylic acids is 3. The Hall–Kier alpha value is -3.68. The SMILES string of the molecule is O=C(NCCc1c[nH]c2ccc(F)cc12)C(=O)Nc1ccccc1C(=O)N1CCCC1. The number of amides is 3. The molecule has 2 aromatic carbocycles. The Morgan fingerprint density at radius 3 is 2.61 bits per heavy atom. The number of nitrogens with one attached hydrogen (secondary N) is 3. The maximum absolute atomic E-state index is 13.5. The predicted octanol–water partition coefficient (Wildman–Crippen LogP) is 2.84. The molecule has 0 unspecified atom stereocenters. The second-order valence-corrected chi connectivity index (χ2v) is 7.51. The number of hydrogen-bond acceptors (Lipinski definition) is 3. The van der Waals surface area contributed by atoms with Crippen molar-refractivity contribution in [3.05, 3.63) is 65.6 Å². The van der Waals surface area contributed by atoms with Crippen LogP contribution in [0, 0.1) is 5.82 Å². The molecule has 0 aliphatic carbocycles. The van der Waals surface area contributed by atoms with E-state index in [1.165, 1.54) is 12.1 Å². The average Bonchev–Trinajstić information content (AvgIpc) is 3.44. The van der Waals surface area contributed by atoms with Crippen LogP contribution in [0.1, 0.15) is 28.8 Å². The molecule has 0 atom stereocenters. The lowest BCUT2D eigenvalue weighted by Crippen LogP contribution is -2.37. The quantitative estimate of drug-likeness (QED) is 0.552. The second-order valence-electron chi connectivity index (χ2n) is 7.51. The van der Waals surface area contributed by atoms with Crippen molar-refractivity contribution >= 4 is 34.3 Å². The number of aromatic amines is 1. The first-order chi connectivity index (χ1) is 15.0. The van der Waals surface area contributed by atoms with Crippen LogP contribution in [0.4, 0.5) is 10.1 Å². The van der Waals surface area contributed by atoms with Crippen LogP contribution < -0.4 is 10.6 Å². The largest absolute Gasteiger partial charge is 0.361 e. The number of fused-ring (bicyclic) bond motifs is 1. The van der Waals surface area contributed by atoms with Crippen molar-refractivity contribution < 1.29 is 18.8 Å². The molecule has 160 valence electrons. The molecule has 1 aliphatic rings. The van der Waals surface area contributed by atoms with Gasteiger partial charge in [0.05, 0.1) is 11.3 Å². The van der Waals surface area contributed by atoms with Crippen molar-refractivity contribution in [3.8, 4) is 0 Å². The second kappa shape index (κ2) is 8.99. The van der Waals surface area contributed by atoms with Crippen molar-refractivity contribution in [1.82, 2.24) is 15.2 Å². The van der Waals surface area contributed by atoms with Gasteiger partial charge >= 0.3 is 11.8 Å². The average molecular weight is 422 g/mol. The minimum atomic E-state index is -0.841. The summed E-state index contributed by atoms with van der Waals surface area (Å²) in [7, 11) is 0. The van der Waals surface area contributed by atoms with Gasteiger partial charge in [-0.25, -0.2) is 4.39 Å². The van der Waals surface area contributed by atoms with E-state index in [1.807, 2.05) is 0 Å². The summed E-state index contributed by atoms with van der Waals surface area (Å²) in [6.07, 6.45) is 4.13. The third-order valence-corrected chi connectivity index (χ3v) is 5.41. The van der Waals surface area contributed by atoms with E-state index in [1.54, 1.807) is 41.4 Å². The number of carbonyl (C=O) groups is 3. The summed E-state index contributed by atoms with van der Waals surface area (Å²) >= 11 is 0. The summed E-state index contributed by atoms with van der Waals surface area (Å²) in [5.41, 5.74) is 2.33. The molecule has 1 aromatic heterocycles. The van der Waals surface area contributed by atoms with E-state index >= 15 is 0 Å². The fourth-order valence-electron chi connectivity index (χ4n) is 3.80. The monoisotopic (exact) mass is 422 g/mol. The van der Waals surface area contributed by atoms with Gasteiger partial charge in [-0.1, -0.05) is 12.1 Å². The number of likely N-dealkylation sites (tertiary alicyclic amines) is 1. The molecule has 0 radical (unpaired) electrons. The van der Waals surface area contributed by atoms with Crippen molar-refractivity contribution in [1.29, 1.82) is 0 Å². The van der Waals surface area contributed by atoms with Crippen LogP contribution in [-0.2, 0) is 16.0 Å². The fourth-order valence-corrected chi connectivity index (χ4v) is 3.80. The minimum absolute atomic E-state index is 0.152. The van der Waals surface area contributed by atoms with Crippen molar-refractivity contribution in [2.75, 3.05) is 25.0 Å². The molecule has 4 rings (SSSR count). The maximum atomic E-state index is 13.5. The maximum Gasteiger partial charge on any atom is 0.313 e. The van der Waals surface area contributed by atoms with Gasteiger partial charge in [0.15, 0.2) is 0 Å². The number of para-hydroxylation sites is 1. The lowest BCUT2D eigenvalue weighted by molar-refractivity contribution is -0.136. The van der Waals surface area contributed by atoms with E-state index in [-0.39, 0.29) is 18.3 Å². The zero-order chi connectivity index (χ0) is 21.8. The molecule has 31 heavy (non-hydrogen) atoms. The molecule has 7 nitrogen and oxygen atoms in total. The number of anilines is 1. The molecule has 3 aromatic rings. The molecule has 1 fully saturated rings. The van der Waals surface area contributed by atoms with Gasteiger partial charge < -0.3 is 20.5 Å². The molecule has 2 heterocycles. The first kappa shape index (κ1) is 20.6. The molecule has 1 aliphatic heterocycles. The topological polar surface area (TPSA) is 94.3 Å². The summed E-state index contributed by atoms with van der Waals surface area (Å²) in [6.45, 7) is 1.60. The predicted molar refractivity (Wildman–Crippen MR) is 115 cm³/mol. The van der Waals surface area contributed by atoms with E-state index in [9.17, 15) is 18.8 Å². The van der Waals surface area contributed by atoms with Crippen LogP contribution in [0.25, 0.3) is 10.9 Å². The van der Waals surface area contributed by atoms with E-state index in [0.29, 0.717) is 30.8 Å². The van der Waals surface area contributed by atoms with Crippen LogP contribution in [0.15, 0.2) is 48.7 Å². The number of nitrogens with zero attached hydrogens (tertiary/aromatic N) is 1. The Kier molecular flexibility index (Phi) is 5.97. The molecule has 1 saturated heterocycles. The Balaban J connectivity index is 1.35. The lowest BCUT2D eigenvalue weighted by atomic mass is 10.1. The van der Waals surface area contributed by atoms with Gasteiger partial charge in [-0.2, -0.15) is 0 Å². The smallest absolute Gasteiger partial charge is 0.313 e. The Bertz CT molecular complexity index is 1130. The van der Waals surface area contributed by atoms with Gasteiger partial charge in [-0.05, 0) is 55.2 Å². The van der Waals surface area contributed by atoms with E-state index < -0.39 is 11.8 Å². The van der Waals surface area contributed by atoms with Crippen molar-refractivity contribution in [3.63, 3.8) is 0 Å². The first-order valence-electron chi connectivity index (χ1n) is 10.3. The summed E-state index contributed by atoms with van der Waals surface area (Å²) in [6, 6.07) is 11.1. The fraction of sp³-hybridized carbons (Fsp3) is 0.261.